The second-order valence-corrected chi connectivity index (χ2v) is 5.59. The number of para-hydroxylation sites is 1. The number of carbonyl (C=O) groups excluding carboxylic acids is 2. The topological polar surface area (TPSA) is 40.6 Å². The molecule has 2 aliphatic rings. The van der Waals surface area contributed by atoms with Gasteiger partial charge in [-0.05, 0) is 40.9 Å². The molecule has 0 saturated carbocycles. The zero-order valence-electron chi connectivity index (χ0n) is 10.1. The highest BCUT2D eigenvalue weighted by Gasteiger charge is 2.43. The minimum absolute atomic E-state index is 0.0884. The fourth-order valence-corrected chi connectivity index (χ4v) is 3.30. The Labute approximate surface area is 118 Å². The summed E-state index contributed by atoms with van der Waals surface area (Å²) in [5, 5.41) is 0. The molecule has 0 N–H and O–H groups in total. The first-order valence-electron chi connectivity index (χ1n) is 6.14. The molecule has 3 rings (SSSR count). The molecular formula is C13H12BrFN2O2. The van der Waals surface area contributed by atoms with E-state index in [1.165, 1.54) is 11.0 Å². The van der Waals surface area contributed by atoms with Crippen LogP contribution in [-0.2, 0) is 9.59 Å². The maximum absolute atomic E-state index is 13.9. The largest absolute Gasteiger partial charge is 0.329 e. The summed E-state index contributed by atoms with van der Waals surface area (Å²) < 4.78 is 14.4. The van der Waals surface area contributed by atoms with Crippen molar-refractivity contribution in [2.45, 2.75) is 18.9 Å². The van der Waals surface area contributed by atoms with Gasteiger partial charge in [0.15, 0.2) is 0 Å². The van der Waals surface area contributed by atoms with Gasteiger partial charge in [0.2, 0.25) is 11.8 Å². The highest BCUT2D eigenvalue weighted by Crippen LogP contribution is 2.33. The molecule has 2 heterocycles. The first-order chi connectivity index (χ1) is 9.09. The van der Waals surface area contributed by atoms with Gasteiger partial charge < -0.3 is 4.90 Å². The summed E-state index contributed by atoms with van der Waals surface area (Å²) in [5.74, 6) is -0.804. The van der Waals surface area contributed by atoms with E-state index in [4.69, 9.17) is 0 Å². The van der Waals surface area contributed by atoms with Crippen LogP contribution in [0.3, 0.4) is 0 Å². The molecule has 0 radical (unpaired) electrons. The predicted molar refractivity (Wildman–Crippen MR) is 71.2 cm³/mol. The fourth-order valence-electron chi connectivity index (χ4n) is 2.74. The molecule has 0 aromatic heterocycles. The second-order valence-electron chi connectivity index (χ2n) is 4.74. The summed E-state index contributed by atoms with van der Waals surface area (Å²) in [6.07, 6.45) is 1.49. The number of halogens is 2. The lowest BCUT2D eigenvalue weighted by atomic mass is 10.1. The third kappa shape index (κ3) is 1.94. The Kier molecular flexibility index (Phi) is 3.05. The van der Waals surface area contributed by atoms with Gasteiger partial charge in [-0.1, -0.05) is 6.07 Å². The van der Waals surface area contributed by atoms with Crippen molar-refractivity contribution < 1.29 is 14.0 Å². The lowest BCUT2D eigenvalue weighted by Crippen LogP contribution is -2.57. The van der Waals surface area contributed by atoms with E-state index in [9.17, 15) is 14.0 Å². The SMILES string of the molecule is O=C1C2CCCN2C(=O)CN1c1c(F)cccc1Br. The molecule has 0 bridgehead atoms. The average Bonchev–Trinajstić information content (AvgIpc) is 2.85. The van der Waals surface area contributed by atoms with Crippen molar-refractivity contribution in [2.24, 2.45) is 0 Å². The van der Waals surface area contributed by atoms with Crippen LogP contribution in [0.15, 0.2) is 22.7 Å². The van der Waals surface area contributed by atoms with E-state index >= 15 is 0 Å². The van der Waals surface area contributed by atoms with Gasteiger partial charge in [0.1, 0.15) is 18.4 Å². The van der Waals surface area contributed by atoms with Gasteiger partial charge in [0.25, 0.3) is 0 Å². The molecule has 1 atom stereocenters. The van der Waals surface area contributed by atoms with Crippen LogP contribution in [0.1, 0.15) is 12.8 Å². The summed E-state index contributed by atoms with van der Waals surface area (Å²) >= 11 is 3.24. The molecule has 6 heteroatoms. The zero-order valence-corrected chi connectivity index (χ0v) is 11.7. The Hall–Kier alpha value is -1.43. The number of fused-ring (bicyclic) bond motifs is 1. The van der Waals surface area contributed by atoms with E-state index in [1.54, 1.807) is 17.0 Å². The van der Waals surface area contributed by atoms with Crippen molar-refractivity contribution in [3.05, 3.63) is 28.5 Å². The Balaban J connectivity index is 2.01. The van der Waals surface area contributed by atoms with Crippen molar-refractivity contribution in [3.8, 4) is 0 Å². The first kappa shape index (κ1) is 12.6. The first-order valence-corrected chi connectivity index (χ1v) is 6.94. The number of anilines is 1. The highest BCUT2D eigenvalue weighted by atomic mass is 79.9. The monoisotopic (exact) mass is 326 g/mol. The van der Waals surface area contributed by atoms with Gasteiger partial charge in [0, 0.05) is 11.0 Å². The van der Waals surface area contributed by atoms with Crippen LogP contribution in [0, 0.1) is 5.82 Å². The lowest BCUT2D eigenvalue weighted by Gasteiger charge is -2.36. The third-order valence-corrected chi connectivity index (χ3v) is 4.26. The summed E-state index contributed by atoms with van der Waals surface area (Å²) in [6, 6.07) is 4.09. The van der Waals surface area contributed by atoms with Crippen LogP contribution in [-0.4, -0.2) is 35.8 Å². The molecule has 100 valence electrons. The van der Waals surface area contributed by atoms with Gasteiger partial charge >= 0.3 is 0 Å². The Morgan fingerprint density at radius 1 is 1.32 bits per heavy atom. The van der Waals surface area contributed by atoms with Crippen LogP contribution >= 0.6 is 15.9 Å². The average molecular weight is 327 g/mol. The van der Waals surface area contributed by atoms with Crippen LogP contribution in [0.4, 0.5) is 10.1 Å². The number of amides is 2. The molecule has 0 spiro atoms. The normalized spacial score (nSPS) is 22.9. The smallest absolute Gasteiger partial charge is 0.250 e. The molecule has 0 aliphatic carbocycles. The molecule has 1 aromatic carbocycles. The standard InChI is InChI=1S/C13H12BrFN2O2/c14-8-3-1-4-9(15)12(8)17-7-11(18)16-6-2-5-10(16)13(17)19/h1,3-4,10H,2,5-7H2. The second kappa shape index (κ2) is 4.59. The van der Waals surface area contributed by atoms with Gasteiger partial charge in [-0.2, -0.15) is 0 Å². The number of piperazine rings is 1. The third-order valence-electron chi connectivity index (χ3n) is 3.63. The predicted octanol–water partition coefficient (Wildman–Crippen LogP) is 1.93. The van der Waals surface area contributed by atoms with E-state index < -0.39 is 11.9 Å². The van der Waals surface area contributed by atoms with Crippen molar-refractivity contribution in [1.29, 1.82) is 0 Å². The Morgan fingerprint density at radius 2 is 2.11 bits per heavy atom. The van der Waals surface area contributed by atoms with Gasteiger partial charge in [-0.25, -0.2) is 4.39 Å². The molecular weight excluding hydrogens is 315 g/mol. The number of nitrogens with zero attached hydrogens (tertiary/aromatic N) is 2. The summed E-state index contributed by atoms with van der Waals surface area (Å²) in [7, 11) is 0. The number of carbonyl (C=O) groups is 2. The van der Waals surface area contributed by atoms with E-state index in [-0.39, 0.29) is 24.0 Å². The number of hydrogen-bond donors (Lipinski definition) is 0. The van der Waals surface area contributed by atoms with Crippen molar-refractivity contribution in [3.63, 3.8) is 0 Å². The lowest BCUT2D eigenvalue weighted by molar-refractivity contribution is -0.140. The number of benzene rings is 1. The molecule has 1 aromatic rings. The van der Waals surface area contributed by atoms with E-state index in [1.807, 2.05) is 0 Å². The summed E-state index contributed by atoms with van der Waals surface area (Å²) in [6.45, 7) is 0.538. The molecule has 2 amide bonds. The fraction of sp³-hybridized carbons (Fsp3) is 0.385. The van der Waals surface area contributed by atoms with Crippen LogP contribution in [0.2, 0.25) is 0 Å². The van der Waals surface area contributed by atoms with Gasteiger partial charge in [0.05, 0.1) is 5.69 Å². The van der Waals surface area contributed by atoms with Crippen LogP contribution in [0.5, 0.6) is 0 Å². The molecule has 2 saturated heterocycles. The van der Waals surface area contributed by atoms with Gasteiger partial charge in [-0.3, -0.25) is 14.5 Å². The maximum Gasteiger partial charge on any atom is 0.250 e. The quantitative estimate of drug-likeness (QED) is 0.791. The van der Waals surface area contributed by atoms with Gasteiger partial charge in [-0.15, -0.1) is 0 Å². The summed E-state index contributed by atoms with van der Waals surface area (Å²) in [5.41, 5.74) is 0.160. The molecule has 2 fully saturated rings. The number of hydrogen-bond acceptors (Lipinski definition) is 2. The van der Waals surface area contributed by atoms with Crippen LogP contribution in [0.25, 0.3) is 0 Å². The minimum atomic E-state index is -0.498. The van der Waals surface area contributed by atoms with Crippen LogP contribution < -0.4 is 4.90 Å². The van der Waals surface area contributed by atoms with E-state index in [2.05, 4.69) is 15.9 Å². The van der Waals surface area contributed by atoms with Crippen molar-refractivity contribution in [2.75, 3.05) is 18.0 Å². The van der Waals surface area contributed by atoms with Crippen molar-refractivity contribution >= 4 is 33.4 Å². The molecule has 1 unspecified atom stereocenters. The Morgan fingerprint density at radius 3 is 2.84 bits per heavy atom. The number of rotatable bonds is 1. The molecule has 2 aliphatic heterocycles. The zero-order chi connectivity index (χ0) is 13.6. The highest BCUT2D eigenvalue weighted by molar-refractivity contribution is 9.10. The van der Waals surface area contributed by atoms with E-state index in [0.29, 0.717) is 17.4 Å². The molecule has 19 heavy (non-hydrogen) atoms. The van der Waals surface area contributed by atoms with E-state index in [0.717, 1.165) is 6.42 Å². The minimum Gasteiger partial charge on any atom is -0.329 e. The maximum atomic E-state index is 13.9. The molecule has 4 nitrogen and oxygen atoms in total. The Bertz CT molecular complexity index is 543. The van der Waals surface area contributed by atoms with Crippen molar-refractivity contribution in [1.82, 2.24) is 4.90 Å². The summed E-state index contributed by atoms with van der Waals surface area (Å²) in [4.78, 5) is 27.3.